The molecule has 1 aliphatic rings. The molecule has 0 bridgehead atoms. The molecule has 0 aromatic rings. The standard InChI is InChI=1S/C6H13BO/c1-2-8-7-5-3-4-6-7/h2-6H2,1H3. The Morgan fingerprint density at radius 1 is 1.38 bits per heavy atom. The second kappa shape index (κ2) is 3.13. The summed E-state index contributed by atoms with van der Waals surface area (Å²) in [4.78, 5) is 0. The fourth-order valence-corrected chi connectivity index (χ4v) is 1.29. The van der Waals surface area contributed by atoms with E-state index in [1.54, 1.807) is 0 Å². The van der Waals surface area contributed by atoms with Crippen molar-refractivity contribution in [2.75, 3.05) is 6.61 Å². The third-order valence-corrected chi connectivity index (χ3v) is 1.70. The molecule has 0 aromatic heterocycles. The normalized spacial score (nSPS) is 19.9. The van der Waals surface area contributed by atoms with Crippen LogP contribution in [0.5, 0.6) is 0 Å². The van der Waals surface area contributed by atoms with Crippen molar-refractivity contribution in [1.82, 2.24) is 0 Å². The molecule has 0 aromatic carbocycles. The Labute approximate surface area is 51.5 Å². The van der Waals surface area contributed by atoms with Gasteiger partial charge in [-0.05, 0) is 19.6 Å². The zero-order valence-corrected chi connectivity index (χ0v) is 5.52. The fourth-order valence-electron chi connectivity index (χ4n) is 1.29. The van der Waals surface area contributed by atoms with Crippen LogP contribution in [-0.2, 0) is 4.65 Å². The maximum absolute atomic E-state index is 5.40. The van der Waals surface area contributed by atoms with Gasteiger partial charge in [-0.25, -0.2) is 0 Å². The number of rotatable bonds is 2. The first kappa shape index (κ1) is 6.15. The monoisotopic (exact) mass is 112 g/mol. The molecule has 0 spiro atoms. The highest BCUT2D eigenvalue weighted by Crippen LogP contribution is 2.19. The third kappa shape index (κ3) is 1.51. The summed E-state index contributed by atoms with van der Waals surface area (Å²) in [5.74, 6) is 0. The summed E-state index contributed by atoms with van der Waals surface area (Å²) >= 11 is 0. The molecule has 8 heavy (non-hydrogen) atoms. The molecule has 0 aliphatic carbocycles. The van der Waals surface area contributed by atoms with Crippen LogP contribution in [0.2, 0.25) is 12.6 Å². The quantitative estimate of drug-likeness (QED) is 0.495. The lowest BCUT2D eigenvalue weighted by Crippen LogP contribution is -2.11. The summed E-state index contributed by atoms with van der Waals surface area (Å²) in [6.07, 6.45) is 5.36. The lowest BCUT2D eigenvalue weighted by molar-refractivity contribution is 0.345. The zero-order valence-electron chi connectivity index (χ0n) is 5.52. The van der Waals surface area contributed by atoms with Crippen LogP contribution in [-0.4, -0.2) is 13.5 Å². The average Bonchev–Trinajstić information content (AvgIpc) is 2.19. The molecule has 1 aliphatic heterocycles. The van der Waals surface area contributed by atoms with Gasteiger partial charge in [-0.2, -0.15) is 0 Å². The van der Waals surface area contributed by atoms with Crippen molar-refractivity contribution >= 4 is 6.92 Å². The maximum Gasteiger partial charge on any atom is 0.293 e. The van der Waals surface area contributed by atoms with Crippen LogP contribution in [0.4, 0.5) is 0 Å². The molecule has 1 rings (SSSR count). The van der Waals surface area contributed by atoms with E-state index < -0.39 is 0 Å². The van der Waals surface area contributed by atoms with Crippen molar-refractivity contribution in [3.8, 4) is 0 Å². The van der Waals surface area contributed by atoms with E-state index in [1.807, 2.05) is 0 Å². The molecule has 1 fully saturated rings. The van der Waals surface area contributed by atoms with Gasteiger partial charge in [-0.15, -0.1) is 0 Å². The van der Waals surface area contributed by atoms with Crippen molar-refractivity contribution in [3.63, 3.8) is 0 Å². The van der Waals surface area contributed by atoms with E-state index in [1.165, 1.54) is 25.5 Å². The molecular weight excluding hydrogens is 98.9 g/mol. The Morgan fingerprint density at radius 2 is 2.00 bits per heavy atom. The molecule has 46 valence electrons. The first-order valence-corrected chi connectivity index (χ1v) is 3.55. The van der Waals surface area contributed by atoms with E-state index in [9.17, 15) is 0 Å². The van der Waals surface area contributed by atoms with Crippen molar-refractivity contribution in [1.29, 1.82) is 0 Å². The second-order valence-electron chi connectivity index (χ2n) is 2.36. The minimum atomic E-state index is 0.611. The van der Waals surface area contributed by atoms with Crippen molar-refractivity contribution in [3.05, 3.63) is 0 Å². The Kier molecular flexibility index (Phi) is 2.41. The van der Waals surface area contributed by atoms with Crippen molar-refractivity contribution in [2.24, 2.45) is 0 Å². The third-order valence-electron chi connectivity index (χ3n) is 1.70. The van der Waals surface area contributed by atoms with Gasteiger partial charge in [-0.3, -0.25) is 0 Å². The summed E-state index contributed by atoms with van der Waals surface area (Å²) in [6, 6.07) is 0. The molecule has 1 saturated heterocycles. The molecule has 2 heteroatoms. The highest BCUT2D eigenvalue weighted by Gasteiger charge is 2.19. The van der Waals surface area contributed by atoms with Crippen LogP contribution in [0.15, 0.2) is 0 Å². The largest absolute Gasteiger partial charge is 0.436 e. The van der Waals surface area contributed by atoms with Gasteiger partial charge in [0.05, 0.1) is 0 Å². The molecule has 0 unspecified atom stereocenters. The van der Waals surface area contributed by atoms with Gasteiger partial charge in [0.2, 0.25) is 0 Å². The van der Waals surface area contributed by atoms with Gasteiger partial charge in [-0.1, -0.05) is 12.8 Å². The van der Waals surface area contributed by atoms with E-state index in [0.717, 1.165) is 6.61 Å². The minimum Gasteiger partial charge on any atom is -0.436 e. The summed E-state index contributed by atoms with van der Waals surface area (Å²) in [5.41, 5.74) is 0. The van der Waals surface area contributed by atoms with Crippen LogP contribution >= 0.6 is 0 Å². The first-order chi connectivity index (χ1) is 3.93. The Morgan fingerprint density at radius 3 is 2.50 bits per heavy atom. The minimum absolute atomic E-state index is 0.611. The van der Waals surface area contributed by atoms with E-state index in [2.05, 4.69) is 6.92 Å². The lowest BCUT2D eigenvalue weighted by Gasteiger charge is -2.01. The summed E-state index contributed by atoms with van der Waals surface area (Å²) in [5, 5.41) is 0. The zero-order chi connectivity index (χ0) is 5.82. The van der Waals surface area contributed by atoms with Gasteiger partial charge in [0.15, 0.2) is 0 Å². The van der Waals surface area contributed by atoms with Gasteiger partial charge in [0, 0.05) is 6.61 Å². The van der Waals surface area contributed by atoms with Crippen LogP contribution < -0.4 is 0 Å². The van der Waals surface area contributed by atoms with Gasteiger partial charge in [0.25, 0.3) is 6.92 Å². The second-order valence-corrected chi connectivity index (χ2v) is 2.36. The highest BCUT2D eigenvalue weighted by molar-refractivity contribution is 6.52. The fraction of sp³-hybridized carbons (Fsp3) is 1.00. The average molecular weight is 112 g/mol. The number of hydrogen-bond acceptors (Lipinski definition) is 1. The Bertz CT molecular complexity index is 59.5. The predicted molar refractivity (Wildman–Crippen MR) is 36.2 cm³/mol. The van der Waals surface area contributed by atoms with E-state index >= 15 is 0 Å². The predicted octanol–water partition coefficient (Wildman–Crippen LogP) is 1.81. The summed E-state index contributed by atoms with van der Waals surface area (Å²) in [7, 11) is 0. The molecule has 1 heterocycles. The molecule has 0 N–H and O–H groups in total. The summed E-state index contributed by atoms with van der Waals surface area (Å²) in [6.45, 7) is 3.57. The maximum atomic E-state index is 5.40. The molecular formula is C6H13BO. The van der Waals surface area contributed by atoms with Crippen LogP contribution in [0.3, 0.4) is 0 Å². The van der Waals surface area contributed by atoms with E-state index in [0.29, 0.717) is 6.92 Å². The molecule has 0 atom stereocenters. The van der Waals surface area contributed by atoms with Crippen molar-refractivity contribution < 1.29 is 4.65 Å². The molecule has 0 amide bonds. The Hall–Kier alpha value is 0.0249. The van der Waals surface area contributed by atoms with Crippen LogP contribution in [0.25, 0.3) is 0 Å². The molecule has 1 nitrogen and oxygen atoms in total. The van der Waals surface area contributed by atoms with Gasteiger partial charge in [0.1, 0.15) is 0 Å². The smallest absolute Gasteiger partial charge is 0.293 e. The number of hydrogen-bond donors (Lipinski definition) is 0. The lowest BCUT2D eigenvalue weighted by atomic mass is 9.66. The summed E-state index contributed by atoms with van der Waals surface area (Å²) < 4.78 is 5.40. The Balaban J connectivity index is 2.06. The van der Waals surface area contributed by atoms with E-state index in [-0.39, 0.29) is 0 Å². The highest BCUT2D eigenvalue weighted by atomic mass is 16.4. The van der Waals surface area contributed by atoms with E-state index in [4.69, 9.17) is 4.65 Å². The topological polar surface area (TPSA) is 9.23 Å². The van der Waals surface area contributed by atoms with Crippen LogP contribution in [0.1, 0.15) is 19.8 Å². The first-order valence-electron chi connectivity index (χ1n) is 3.55. The molecule has 0 radical (unpaired) electrons. The molecule has 0 saturated carbocycles. The SMILES string of the molecule is CCOB1CCCC1. The van der Waals surface area contributed by atoms with Gasteiger partial charge < -0.3 is 4.65 Å². The van der Waals surface area contributed by atoms with Crippen LogP contribution in [0, 0.1) is 0 Å². The van der Waals surface area contributed by atoms with Gasteiger partial charge >= 0.3 is 0 Å². The van der Waals surface area contributed by atoms with Crippen molar-refractivity contribution in [2.45, 2.75) is 32.4 Å².